The van der Waals surface area contributed by atoms with E-state index in [1.54, 1.807) is 10.9 Å². The number of hydrogen-bond acceptors (Lipinski definition) is 4. The molecule has 7 heteroatoms. The Kier molecular flexibility index (Phi) is 4.57. The minimum atomic E-state index is -0.871. The van der Waals surface area contributed by atoms with Crippen LogP contribution in [0.3, 0.4) is 0 Å². The van der Waals surface area contributed by atoms with Crippen LogP contribution in [0, 0.1) is 19.3 Å². The summed E-state index contributed by atoms with van der Waals surface area (Å²) in [5, 5.41) is 16.5. The number of nitrogens with one attached hydrogen (secondary N) is 1. The van der Waals surface area contributed by atoms with Crippen molar-refractivity contribution in [3.63, 3.8) is 0 Å². The average molecular weight is 342 g/mol. The fourth-order valence-electron chi connectivity index (χ4n) is 3.15. The number of aryl methyl sites for hydroxylation is 2. The van der Waals surface area contributed by atoms with Gasteiger partial charge in [-0.2, -0.15) is 5.10 Å². The molecule has 132 valence electrons. The number of aromatic nitrogens is 3. The zero-order valence-corrected chi connectivity index (χ0v) is 14.5. The molecule has 0 aromatic carbocycles. The quantitative estimate of drug-likeness (QED) is 0.838. The molecule has 1 amide bonds. The molecule has 2 aromatic rings. The van der Waals surface area contributed by atoms with Crippen LogP contribution in [0.15, 0.2) is 24.4 Å². The van der Waals surface area contributed by atoms with Crippen molar-refractivity contribution >= 4 is 11.9 Å². The first-order chi connectivity index (χ1) is 11.9. The molecule has 1 aliphatic carbocycles. The molecule has 0 atom stereocenters. The third-order valence-electron chi connectivity index (χ3n) is 4.79. The summed E-state index contributed by atoms with van der Waals surface area (Å²) in [4.78, 5) is 27.8. The van der Waals surface area contributed by atoms with Gasteiger partial charge in [0.25, 0.3) is 0 Å². The molecule has 1 aliphatic rings. The van der Waals surface area contributed by atoms with Crippen LogP contribution in [0.2, 0.25) is 0 Å². The van der Waals surface area contributed by atoms with Crippen molar-refractivity contribution in [1.82, 2.24) is 20.1 Å². The molecule has 2 N–H and O–H groups in total. The number of rotatable bonds is 6. The summed E-state index contributed by atoms with van der Waals surface area (Å²) in [5.74, 6) is -0.380. The number of hydrogen-bond donors (Lipinski definition) is 2. The minimum absolute atomic E-state index is 0.0413. The van der Waals surface area contributed by atoms with Crippen LogP contribution in [0.1, 0.15) is 42.6 Å². The molecule has 1 saturated carbocycles. The molecule has 25 heavy (non-hydrogen) atoms. The molecule has 2 aromatic heterocycles. The Morgan fingerprint density at radius 2 is 2.08 bits per heavy atom. The number of amides is 1. The fraction of sp³-hybridized carbons (Fsp3) is 0.444. The summed E-state index contributed by atoms with van der Waals surface area (Å²) in [7, 11) is 0. The Morgan fingerprint density at radius 1 is 1.32 bits per heavy atom. The fourth-order valence-corrected chi connectivity index (χ4v) is 3.15. The SMILES string of the molecule is Cc1cc(C)n(-c2ccc(CNC(=O)CC3(C(=O)O)CCC3)cn2)n1. The third-order valence-corrected chi connectivity index (χ3v) is 4.79. The first-order valence-electron chi connectivity index (χ1n) is 8.38. The second-order valence-electron chi connectivity index (χ2n) is 6.76. The molecule has 2 heterocycles. The molecule has 0 aliphatic heterocycles. The molecule has 3 rings (SSSR count). The first-order valence-corrected chi connectivity index (χ1v) is 8.38. The highest BCUT2D eigenvalue weighted by molar-refractivity contribution is 5.85. The molecule has 0 radical (unpaired) electrons. The van der Waals surface area contributed by atoms with E-state index in [1.165, 1.54) is 0 Å². The van der Waals surface area contributed by atoms with Crippen LogP contribution in [0.5, 0.6) is 0 Å². The Labute approximate surface area is 146 Å². The topological polar surface area (TPSA) is 97.1 Å². The van der Waals surface area contributed by atoms with Crippen molar-refractivity contribution in [3.05, 3.63) is 41.3 Å². The van der Waals surface area contributed by atoms with Gasteiger partial charge in [-0.3, -0.25) is 9.59 Å². The van der Waals surface area contributed by atoms with Crippen LogP contribution in [0.4, 0.5) is 0 Å². The number of nitrogens with zero attached hydrogens (tertiary/aromatic N) is 3. The molecule has 7 nitrogen and oxygen atoms in total. The summed E-state index contributed by atoms with van der Waals surface area (Å²) < 4.78 is 1.77. The lowest BCUT2D eigenvalue weighted by atomic mass is 9.66. The zero-order chi connectivity index (χ0) is 18.0. The van der Waals surface area contributed by atoms with Crippen molar-refractivity contribution in [2.75, 3.05) is 0 Å². The van der Waals surface area contributed by atoms with Crippen LogP contribution in [-0.4, -0.2) is 31.7 Å². The van der Waals surface area contributed by atoms with E-state index in [4.69, 9.17) is 0 Å². The zero-order valence-electron chi connectivity index (χ0n) is 14.5. The number of carboxylic acids is 1. The minimum Gasteiger partial charge on any atom is -0.481 e. The van der Waals surface area contributed by atoms with Crippen molar-refractivity contribution < 1.29 is 14.7 Å². The molecular formula is C18H22N4O3. The van der Waals surface area contributed by atoms with E-state index in [0.717, 1.165) is 29.2 Å². The predicted molar refractivity (Wildman–Crippen MR) is 91.2 cm³/mol. The van der Waals surface area contributed by atoms with Crippen molar-refractivity contribution in [2.45, 2.75) is 46.1 Å². The van der Waals surface area contributed by atoms with Gasteiger partial charge < -0.3 is 10.4 Å². The lowest BCUT2D eigenvalue weighted by Crippen LogP contribution is -2.42. The van der Waals surface area contributed by atoms with E-state index < -0.39 is 11.4 Å². The highest BCUT2D eigenvalue weighted by atomic mass is 16.4. The Bertz CT molecular complexity index is 791. The average Bonchev–Trinajstić information content (AvgIpc) is 2.87. The highest BCUT2D eigenvalue weighted by Crippen LogP contribution is 2.44. The molecule has 0 spiro atoms. The lowest BCUT2D eigenvalue weighted by Gasteiger charge is -2.36. The molecule has 0 bridgehead atoms. The van der Waals surface area contributed by atoms with Gasteiger partial charge in [-0.05, 0) is 44.4 Å². The highest BCUT2D eigenvalue weighted by Gasteiger charge is 2.45. The molecule has 0 saturated heterocycles. The second-order valence-corrected chi connectivity index (χ2v) is 6.76. The molecule has 0 unspecified atom stereocenters. The van der Waals surface area contributed by atoms with E-state index in [0.29, 0.717) is 19.4 Å². The van der Waals surface area contributed by atoms with Gasteiger partial charge in [0, 0.05) is 24.9 Å². The van der Waals surface area contributed by atoms with Gasteiger partial charge in [0.15, 0.2) is 5.82 Å². The number of carbonyl (C=O) groups is 2. The van der Waals surface area contributed by atoms with Gasteiger partial charge in [-0.15, -0.1) is 0 Å². The Hall–Kier alpha value is -2.70. The van der Waals surface area contributed by atoms with Gasteiger partial charge in [-0.1, -0.05) is 12.5 Å². The smallest absolute Gasteiger partial charge is 0.310 e. The summed E-state index contributed by atoms with van der Waals surface area (Å²) in [5.41, 5.74) is 1.93. The Morgan fingerprint density at radius 3 is 2.56 bits per heavy atom. The standard InChI is InChI=1S/C18H22N4O3/c1-12-8-13(2)22(21-12)15-5-4-14(10-19-15)11-20-16(23)9-18(17(24)25)6-3-7-18/h4-5,8,10H,3,6-7,9,11H2,1-2H3,(H,20,23)(H,24,25). The van der Waals surface area contributed by atoms with E-state index in [1.807, 2.05) is 32.0 Å². The van der Waals surface area contributed by atoms with Crippen molar-refractivity contribution in [3.8, 4) is 5.82 Å². The number of carbonyl (C=O) groups excluding carboxylic acids is 1. The van der Waals surface area contributed by atoms with Gasteiger partial charge in [0.1, 0.15) is 0 Å². The normalized spacial score (nSPS) is 15.4. The number of carboxylic acid groups (broad SMARTS) is 1. The maximum atomic E-state index is 12.1. The predicted octanol–water partition coefficient (Wildman–Crippen LogP) is 2.15. The van der Waals surface area contributed by atoms with Crippen LogP contribution in [-0.2, 0) is 16.1 Å². The third kappa shape index (κ3) is 3.55. The van der Waals surface area contributed by atoms with Gasteiger partial charge in [-0.25, -0.2) is 9.67 Å². The summed E-state index contributed by atoms with van der Waals surface area (Å²) in [6, 6.07) is 5.72. The summed E-state index contributed by atoms with van der Waals surface area (Å²) in [6.07, 6.45) is 3.77. The molecule has 1 fully saturated rings. The maximum absolute atomic E-state index is 12.1. The lowest BCUT2D eigenvalue weighted by molar-refractivity contribution is -0.157. The van der Waals surface area contributed by atoms with E-state index in [9.17, 15) is 14.7 Å². The van der Waals surface area contributed by atoms with Gasteiger partial charge >= 0.3 is 5.97 Å². The van der Waals surface area contributed by atoms with Gasteiger partial charge in [0.05, 0.1) is 11.1 Å². The number of pyridine rings is 1. The van der Waals surface area contributed by atoms with E-state index in [2.05, 4.69) is 15.4 Å². The van der Waals surface area contributed by atoms with Crippen LogP contribution in [0.25, 0.3) is 5.82 Å². The summed E-state index contributed by atoms with van der Waals surface area (Å²) in [6.45, 7) is 4.23. The van der Waals surface area contributed by atoms with Gasteiger partial charge in [0.2, 0.25) is 5.91 Å². The second kappa shape index (κ2) is 6.66. The molecular weight excluding hydrogens is 320 g/mol. The largest absolute Gasteiger partial charge is 0.481 e. The Balaban J connectivity index is 1.58. The monoisotopic (exact) mass is 342 g/mol. The summed E-state index contributed by atoms with van der Waals surface area (Å²) >= 11 is 0. The first kappa shape index (κ1) is 17.1. The number of aliphatic carboxylic acids is 1. The maximum Gasteiger partial charge on any atom is 0.310 e. The van der Waals surface area contributed by atoms with Crippen molar-refractivity contribution in [2.24, 2.45) is 5.41 Å². The van der Waals surface area contributed by atoms with E-state index >= 15 is 0 Å². The van der Waals surface area contributed by atoms with Crippen LogP contribution >= 0.6 is 0 Å². The van der Waals surface area contributed by atoms with E-state index in [-0.39, 0.29) is 12.3 Å². The van der Waals surface area contributed by atoms with Crippen LogP contribution < -0.4 is 5.32 Å². The van der Waals surface area contributed by atoms with Crippen molar-refractivity contribution in [1.29, 1.82) is 0 Å².